The summed E-state index contributed by atoms with van der Waals surface area (Å²) in [6.45, 7) is 5.52. The summed E-state index contributed by atoms with van der Waals surface area (Å²) in [5.74, 6) is 0.871. The lowest BCUT2D eigenvalue weighted by atomic mass is 10.3. The molecule has 0 aliphatic rings. The third kappa shape index (κ3) is 6.59. The van der Waals surface area contributed by atoms with Gasteiger partial charge in [-0.2, -0.15) is 0 Å². The van der Waals surface area contributed by atoms with E-state index in [0.717, 1.165) is 18.8 Å². The Morgan fingerprint density at radius 3 is 2.61 bits per heavy atom. The van der Waals surface area contributed by atoms with Gasteiger partial charge in [-0.1, -0.05) is 25.1 Å². The van der Waals surface area contributed by atoms with E-state index >= 15 is 0 Å². The SMILES string of the molecule is CCNCC(COC)OCCOc1ccccc1. The first-order valence-corrected chi connectivity index (χ1v) is 6.36. The van der Waals surface area contributed by atoms with Crippen molar-refractivity contribution in [1.82, 2.24) is 5.32 Å². The molecule has 1 atom stereocenters. The van der Waals surface area contributed by atoms with Gasteiger partial charge in [0.25, 0.3) is 0 Å². The Hall–Kier alpha value is -1.10. The van der Waals surface area contributed by atoms with E-state index in [1.165, 1.54) is 0 Å². The van der Waals surface area contributed by atoms with Gasteiger partial charge in [-0.05, 0) is 18.7 Å². The summed E-state index contributed by atoms with van der Waals surface area (Å²) < 4.78 is 16.4. The van der Waals surface area contributed by atoms with Crippen molar-refractivity contribution in [3.8, 4) is 5.75 Å². The fourth-order valence-electron chi connectivity index (χ4n) is 1.55. The molecule has 0 saturated carbocycles. The van der Waals surface area contributed by atoms with E-state index < -0.39 is 0 Å². The van der Waals surface area contributed by atoms with E-state index in [9.17, 15) is 0 Å². The molecule has 102 valence electrons. The number of ether oxygens (including phenoxy) is 3. The molecule has 0 aromatic heterocycles. The maximum atomic E-state index is 5.69. The van der Waals surface area contributed by atoms with Crippen LogP contribution in [0.3, 0.4) is 0 Å². The number of hydrogen-bond acceptors (Lipinski definition) is 4. The lowest BCUT2D eigenvalue weighted by molar-refractivity contribution is -0.0112. The van der Waals surface area contributed by atoms with Gasteiger partial charge in [-0.25, -0.2) is 0 Å². The van der Waals surface area contributed by atoms with E-state index in [4.69, 9.17) is 14.2 Å². The number of nitrogens with one attached hydrogen (secondary N) is 1. The summed E-state index contributed by atoms with van der Waals surface area (Å²) in [6, 6.07) is 9.75. The Bertz CT molecular complexity index is 292. The first-order chi connectivity index (χ1) is 8.86. The van der Waals surface area contributed by atoms with Crippen LogP contribution in [-0.4, -0.2) is 46.1 Å². The number of para-hydroxylation sites is 1. The second-order valence-corrected chi connectivity index (χ2v) is 3.92. The molecule has 0 bridgehead atoms. The summed E-state index contributed by atoms with van der Waals surface area (Å²) in [6.07, 6.45) is 0.0781. The van der Waals surface area contributed by atoms with Gasteiger partial charge in [-0.15, -0.1) is 0 Å². The number of rotatable bonds is 10. The Balaban J connectivity index is 2.14. The number of hydrogen-bond donors (Lipinski definition) is 1. The standard InChI is InChI=1S/C14H23NO3/c1-3-15-11-14(12-16-2)18-10-9-17-13-7-5-4-6-8-13/h4-8,14-15H,3,9-12H2,1-2H3. The van der Waals surface area contributed by atoms with Crippen LogP contribution in [0.2, 0.25) is 0 Å². The lowest BCUT2D eigenvalue weighted by Gasteiger charge is -2.17. The molecule has 0 fully saturated rings. The Morgan fingerprint density at radius 1 is 1.17 bits per heavy atom. The van der Waals surface area contributed by atoms with Gasteiger partial charge >= 0.3 is 0 Å². The van der Waals surface area contributed by atoms with E-state index in [2.05, 4.69) is 12.2 Å². The van der Waals surface area contributed by atoms with Crippen molar-refractivity contribution in [1.29, 1.82) is 0 Å². The molecular formula is C14H23NO3. The Labute approximate surface area is 109 Å². The van der Waals surface area contributed by atoms with E-state index in [1.807, 2.05) is 30.3 Å². The predicted octanol–water partition coefficient (Wildman–Crippen LogP) is 1.71. The Kier molecular flexibility index (Phi) is 8.21. The zero-order valence-electron chi connectivity index (χ0n) is 11.2. The van der Waals surface area contributed by atoms with Crippen LogP contribution >= 0.6 is 0 Å². The average molecular weight is 253 g/mol. The summed E-state index contributed by atoms with van der Waals surface area (Å²) >= 11 is 0. The molecule has 0 radical (unpaired) electrons. The summed E-state index contributed by atoms with van der Waals surface area (Å²) in [5.41, 5.74) is 0. The van der Waals surface area contributed by atoms with Crippen molar-refractivity contribution >= 4 is 0 Å². The van der Waals surface area contributed by atoms with Crippen molar-refractivity contribution in [2.45, 2.75) is 13.0 Å². The van der Waals surface area contributed by atoms with Crippen LogP contribution in [0.5, 0.6) is 5.75 Å². The van der Waals surface area contributed by atoms with Crippen LogP contribution in [0.1, 0.15) is 6.92 Å². The molecule has 0 saturated heterocycles. The minimum atomic E-state index is 0.0781. The van der Waals surface area contributed by atoms with E-state index in [0.29, 0.717) is 19.8 Å². The first-order valence-electron chi connectivity index (χ1n) is 6.36. The van der Waals surface area contributed by atoms with Gasteiger partial charge in [0.05, 0.1) is 19.3 Å². The third-order valence-electron chi connectivity index (χ3n) is 2.42. The number of benzene rings is 1. The number of likely N-dealkylation sites (N-methyl/N-ethyl adjacent to an activating group) is 1. The maximum Gasteiger partial charge on any atom is 0.119 e. The smallest absolute Gasteiger partial charge is 0.119 e. The molecule has 18 heavy (non-hydrogen) atoms. The summed E-state index contributed by atoms with van der Waals surface area (Å²) in [4.78, 5) is 0. The van der Waals surface area contributed by atoms with Crippen LogP contribution < -0.4 is 10.1 Å². The predicted molar refractivity (Wildman–Crippen MR) is 72.1 cm³/mol. The van der Waals surface area contributed by atoms with Crippen molar-refractivity contribution in [3.63, 3.8) is 0 Å². The quantitative estimate of drug-likeness (QED) is 0.644. The lowest BCUT2D eigenvalue weighted by Crippen LogP contribution is -2.33. The van der Waals surface area contributed by atoms with Crippen molar-refractivity contribution in [3.05, 3.63) is 30.3 Å². The molecule has 0 aliphatic carbocycles. The van der Waals surface area contributed by atoms with Gasteiger partial charge in [0.15, 0.2) is 0 Å². The third-order valence-corrected chi connectivity index (χ3v) is 2.42. The fourth-order valence-corrected chi connectivity index (χ4v) is 1.55. The van der Waals surface area contributed by atoms with Crippen LogP contribution in [-0.2, 0) is 9.47 Å². The molecule has 1 N–H and O–H groups in total. The van der Waals surface area contributed by atoms with E-state index in [1.54, 1.807) is 7.11 Å². The van der Waals surface area contributed by atoms with Crippen LogP contribution in [0.25, 0.3) is 0 Å². The Morgan fingerprint density at radius 2 is 1.94 bits per heavy atom. The molecular weight excluding hydrogens is 230 g/mol. The minimum absolute atomic E-state index is 0.0781. The van der Waals surface area contributed by atoms with Crippen molar-refractivity contribution in [2.24, 2.45) is 0 Å². The van der Waals surface area contributed by atoms with Gasteiger partial charge in [0.2, 0.25) is 0 Å². The van der Waals surface area contributed by atoms with Crippen molar-refractivity contribution < 1.29 is 14.2 Å². The molecule has 4 nitrogen and oxygen atoms in total. The molecule has 1 aromatic carbocycles. The molecule has 1 unspecified atom stereocenters. The summed E-state index contributed by atoms with van der Waals surface area (Å²) in [5, 5.41) is 3.25. The van der Waals surface area contributed by atoms with Crippen molar-refractivity contribution in [2.75, 3.05) is 40.0 Å². The highest BCUT2D eigenvalue weighted by Gasteiger charge is 2.07. The highest BCUT2D eigenvalue weighted by Crippen LogP contribution is 2.07. The summed E-state index contributed by atoms with van der Waals surface area (Å²) in [7, 11) is 1.68. The van der Waals surface area contributed by atoms with Gasteiger partial charge in [0.1, 0.15) is 12.4 Å². The van der Waals surface area contributed by atoms with Gasteiger partial charge in [-0.3, -0.25) is 0 Å². The van der Waals surface area contributed by atoms with E-state index in [-0.39, 0.29) is 6.10 Å². The molecule has 0 spiro atoms. The highest BCUT2D eigenvalue weighted by molar-refractivity contribution is 5.20. The highest BCUT2D eigenvalue weighted by atomic mass is 16.5. The number of methoxy groups -OCH3 is 1. The normalized spacial score (nSPS) is 12.3. The minimum Gasteiger partial charge on any atom is -0.491 e. The molecule has 0 amide bonds. The second kappa shape index (κ2) is 9.88. The van der Waals surface area contributed by atoms with Crippen LogP contribution in [0.4, 0.5) is 0 Å². The molecule has 4 heteroatoms. The first kappa shape index (κ1) is 15.0. The molecule has 1 rings (SSSR count). The van der Waals surface area contributed by atoms with Gasteiger partial charge in [0, 0.05) is 13.7 Å². The largest absolute Gasteiger partial charge is 0.491 e. The van der Waals surface area contributed by atoms with Gasteiger partial charge < -0.3 is 19.5 Å². The average Bonchev–Trinajstić information content (AvgIpc) is 2.42. The molecule has 1 aromatic rings. The fraction of sp³-hybridized carbons (Fsp3) is 0.571. The molecule has 0 aliphatic heterocycles. The monoisotopic (exact) mass is 253 g/mol. The maximum absolute atomic E-state index is 5.69. The zero-order chi connectivity index (χ0) is 13.1. The topological polar surface area (TPSA) is 39.7 Å². The second-order valence-electron chi connectivity index (χ2n) is 3.92. The van der Waals surface area contributed by atoms with Crippen LogP contribution in [0.15, 0.2) is 30.3 Å². The molecule has 0 heterocycles. The zero-order valence-corrected chi connectivity index (χ0v) is 11.2. The van der Waals surface area contributed by atoms with Crippen LogP contribution in [0, 0.1) is 0 Å².